The highest BCUT2D eigenvalue weighted by molar-refractivity contribution is 6.00. The van der Waals surface area contributed by atoms with Crippen LogP contribution in [0.3, 0.4) is 0 Å². The SMILES string of the molecule is O=C1Nc2ccccc2O[C@@H]1CC(=O)N1CCN(Cc2cccc3ccccc23)CC1. The molecule has 158 valence electrons. The van der Waals surface area contributed by atoms with Crippen LogP contribution in [0.1, 0.15) is 12.0 Å². The molecule has 5 rings (SSSR count). The van der Waals surface area contributed by atoms with Crippen LogP contribution in [0.25, 0.3) is 10.8 Å². The Morgan fingerprint density at radius 2 is 1.68 bits per heavy atom. The number of piperazine rings is 1. The van der Waals surface area contributed by atoms with Crippen LogP contribution in [0, 0.1) is 0 Å². The lowest BCUT2D eigenvalue weighted by Crippen LogP contribution is -2.50. The lowest BCUT2D eigenvalue weighted by molar-refractivity contribution is -0.138. The molecule has 2 amide bonds. The number of para-hydroxylation sites is 2. The standard InChI is InChI=1S/C25H25N3O3/c29-24(16-23-25(30)26-21-10-3-4-11-22(21)31-23)28-14-12-27(13-15-28)17-19-8-5-7-18-6-1-2-9-20(18)19/h1-11,23H,12-17H2,(H,26,30)/t23-/m1/s1. The summed E-state index contributed by atoms with van der Waals surface area (Å²) in [6.07, 6.45) is -0.722. The van der Waals surface area contributed by atoms with Crippen LogP contribution >= 0.6 is 0 Å². The van der Waals surface area contributed by atoms with Crippen molar-refractivity contribution in [3.05, 3.63) is 72.3 Å². The average molecular weight is 415 g/mol. The first-order valence-electron chi connectivity index (χ1n) is 10.7. The topological polar surface area (TPSA) is 61.9 Å². The molecule has 0 unspecified atom stereocenters. The first-order chi connectivity index (χ1) is 15.2. The third-order valence-electron chi connectivity index (χ3n) is 6.07. The van der Waals surface area contributed by atoms with E-state index in [2.05, 4.69) is 52.7 Å². The summed E-state index contributed by atoms with van der Waals surface area (Å²) < 4.78 is 5.78. The van der Waals surface area contributed by atoms with E-state index in [1.807, 2.05) is 17.0 Å². The van der Waals surface area contributed by atoms with Crippen LogP contribution < -0.4 is 10.1 Å². The summed E-state index contributed by atoms with van der Waals surface area (Å²) in [5.74, 6) is 0.311. The van der Waals surface area contributed by atoms with E-state index in [-0.39, 0.29) is 18.2 Å². The van der Waals surface area contributed by atoms with E-state index in [1.54, 1.807) is 12.1 Å². The molecule has 6 heteroatoms. The molecule has 6 nitrogen and oxygen atoms in total. The van der Waals surface area contributed by atoms with Gasteiger partial charge in [-0.2, -0.15) is 0 Å². The quantitative estimate of drug-likeness (QED) is 0.711. The predicted molar refractivity (Wildman–Crippen MR) is 120 cm³/mol. The molecule has 3 aromatic carbocycles. The van der Waals surface area contributed by atoms with Crippen molar-refractivity contribution in [3.8, 4) is 5.75 Å². The van der Waals surface area contributed by atoms with Gasteiger partial charge in [0.05, 0.1) is 12.1 Å². The number of carbonyl (C=O) groups is 2. The number of ether oxygens (including phenoxy) is 1. The Kier molecular flexibility index (Phi) is 5.30. The molecule has 1 saturated heterocycles. The molecular formula is C25H25N3O3. The van der Waals surface area contributed by atoms with Crippen LogP contribution in [0.5, 0.6) is 5.75 Å². The normalized spacial score (nSPS) is 18.9. The third kappa shape index (κ3) is 4.11. The Balaban J connectivity index is 1.17. The Morgan fingerprint density at radius 3 is 2.55 bits per heavy atom. The van der Waals surface area contributed by atoms with E-state index >= 15 is 0 Å². The summed E-state index contributed by atoms with van der Waals surface area (Å²) in [7, 11) is 0. The van der Waals surface area contributed by atoms with Crippen molar-refractivity contribution in [1.82, 2.24) is 9.80 Å². The molecule has 0 saturated carbocycles. The largest absolute Gasteiger partial charge is 0.478 e. The first kappa shape index (κ1) is 19.6. The smallest absolute Gasteiger partial charge is 0.266 e. The highest BCUT2D eigenvalue weighted by Crippen LogP contribution is 2.30. The highest BCUT2D eigenvalue weighted by Gasteiger charge is 2.32. The molecule has 3 aromatic rings. The van der Waals surface area contributed by atoms with Crippen molar-refractivity contribution < 1.29 is 14.3 Å². The van der Waals surface area contributed by atoms with E-state index < -0.39 is 6.10 Å². The van der Waals surface area contributed by atoms with Crippen molar-refractivity contribution in [2.75, 3.05) is 31.5 Å². The van der Waals surface area contributed by atoms with Gasteiger partial charge in [0.2, 0.25) is 5.91 Å². The maximum Gasteiger partial charge on any atom is 0.266 e. The maximum absolute atomic E-state index is 12.8. The minimum atomic E-state index is -0.781. The van der Waals surface area contributed by atoms with Gasteiger partial charge in [0.15, 0.2) is 6.10 Å². The summed E-state index contributed by atoms with van der Waals surface area (Å²) in [6.45, 7) is 3.82. The number of benzene rings is 3. The Bertz CT molecular complexity index is 1120. The number of hydrogen-bond acceptors (Lipinski definition) is 4. The molecule has 31 heavy (non-hydrogen) atoms. The Morgan fingerprint density at radius 1 is 0.935 bits per heavy atom. The van der Waals surface area contributed by atoms with Crippen LogP contribution in [0.2, 0.25) is 0 Å². The van der Waals surface area contributed by atoms with Gasteiger partial charge in [-0.15, -0.1) is 0 Å². The molecule has 0 spiro atoms. The van der Waals surface area contributed by atoms with E-state index in [9.17, 15) is 9.59 Å². The molecule has 1 fully saturated rings. The van der Waals surface area contributed by atoms with Gasteiger partial charge in [0, 0.05) is 32.7 Å². The first-order valence-corrected chi connectivity index (χ1v) is 10.7. The second kappa shape index (κ2) is 8.40. The molecule has 2 aliphatic rings. The molecule has 2 aliphatic heterocycles. The van der Waals surface area contributed by atoms with E-state index in [0.29, 0.717) is 24.5 Å². The second-order valence-corrected chi connectivity index (χ2v) is 8.09. The van der Waals surface area contributed by atoms with E-state index in [0.717, 1.165) is 19.6 Å². The van der Waals surface area contributed by atoms with Gasteiger partial charge in [-0.3, -0.25) is 14.5 Å². The zero-order chi connectivity index (χ0) is 21.2. The molecule has 0 aliphatic carbocycles. The minimum Gasteiger partial charge on any atom is -0.478 e. The number of fused-ring (bicyclic) bond motifs is 2. The van der Waals surface area contributed by atoms with Crippen molar-refractivity contribution in [3.63, 3.8) is 0 Å². The van der Waals surface area contributed by atoms with Gasteiger partial charge < -0.3 is 15.0 Å². The van der Waals surface area contributed by atoms with Crippen LogP contribution in [0.15, 0.2) is 66.7 Å². The Labute approximate surface area is 181 Å². The summed E-state index contributed by atoms with van der Waals surface area (Å²) in [4.78, 5) is 29.4. The highest BCUT2D eigenvalue weighted by atomic mass is 16.5. The maximum atomic E-state index is 12.8. The summed E-state index contributed by atoms with van der Waals surface area (Å²) in [6, 6.07) is 22.1. The predicted octanol–water partition coefficient (Wildman–Crippen LogP) is 3.27. The summed E-state index contributed by atoms with van der Waals surface area (Å²) in [5.41, 5.74) is 1.96. The number of carbonyl (C=O) groups excluding carboxylic acids is 2. The number of hydrogen-bond donors (Lipinski definition) is 1. The number of anilines is 1. The number of amides is 2. The molecule has 1 N–H and O–H groups in total. The van der Waals surface area contributed by atoms with Gasteiger partial charge in [-0.25, -0.2) is 0 Å². The van der Waals surface area contributed by atoms with Crippen LogP contribution in [-0.2, 0) is 16.1 Å². The van der Waals surface area contributed by atoms with E-state index in [1.165, 1.54) is 16.3 Å². The van der Waals surface area contributed by atoms with Crippen molar-refractivity contribution in [1.29, 1.82) is 0 Å². The fourth-order valence-corrected chi connectivity index (χ4v) is 4.34. The molecular weight excluding hydrogens is 390 g/mol. The molecule has 2 heterocycles. The van der Waals surface area contributed by atoms with E-state index in [4.69, 9.17) is 4.74 Å². The van der Waals surface area contributed by atoms with Gasteiger partial charge in [0.25, 0.3) is 5.91 Å². The van der Waals surface area contributed by atoms with Gasteiger partial charge in [-0.05, 0) is 28.5 Å². The second-order valence-electron chi connectivity index (χ2n) is 8.09. The van der Waals surface area contributed by atoms with Gasteiger partial charge >= 0.3 is 0 Å². The fourth-order valence-electron chi connectivity index (χ4n) is 4.34. The molecule has 0 aromatic heterocycles. The molecule has 0 radical (unpaired) electrons. The van der Waals surface area contributed by atoms with Crippen LogP contribution in [-0.4, -0.2) is 53.9 Å². The van der Waals surface area contributed by atoms with Gasteiger partial charge in [0.1, 0.15) is 5.75 Å². The lowest BCUT2D eigenvalue weighted by Gasteiger charge is -2.36. The summed E-state index contributed by atoms with van der Waals surface area (Å²) >= 11 is 0. The van der Waals surface area contributed by atoms with Gasteiger partial charge in [-0.1, -0.05) is 54.6 Å². The van der Waals surface area contributed by atoms with Crippen molar-refractivity contribution >= 4 is 28.3 Å². The number of nitrogens with one attached hydrogen (secondary N) is 1. The number of nitrogens with zero attached hydrogens (tertiary/aromatic N) is 2. The third-order valence-corrected chi connectivity index (χ3v) is 6.07. The Hall–Kier alpha value is -3.38. The lowest BCUT2D eigenvalue weighted by atomic mass is 10.0. The number of rotatable bonds is 4. The van der Waals surface area contributed by atoms with Crippen molar-refractivity contribution in [2.24, 2.45) is 0 Å². The molecule has 0 bridgehead atoms. The minimum absolute atomic E-state index is 0.0376. The summed E-state index contributed by atoms with van der Waals surface area (Å²) in [5, 5.41) is 5.36. The fraction of sp³-hybridized carbons (Fsp3) is 0.280. The molecule has 1 atom stereocenters. The average Bonchev–Trinajstić information content (AvgIpc) is 2.80. The van der Waals surface area contributed by atoms with Crippen LogP contribution in [0.4, 0.5) is 5.69 Å². The zero-order valence-corrected chi connectivity index (χ0v) is 17.3. The van der Waals surface area contributed by atoms with Crippen molar-refractivity contribution in [2.45, 2.75) is 19.1 Å². The monoisotopic (exact) mass is 415 g/mol. The zero-order valence-electron chi connectivity index (χ0n) is 17.3.